The summed E-state index contributed by atoms with van der Waals surface area (Å²) in [5.41, 5.74) is 6.01. The molecule has 61 heavy (non-hydrogen) atoms. The minimum atomic E-state index is -0.737. The van der Waals surface area contributed by atoms with Crippen LogP contribution in [0.4, 0.5) is 9.59 Å². The molecule has 4 aromatic rings. The van der Waals surface area contributed by atoms with Crippen LogP contribution in [0.1, 0.15) is 82.8 Å². The minimum absolute atomic E-state index is 0.125. The second-order valence-corrected chi connectivity index (χ2v) is 16.7. The molecule has 0 aliphatic carbocycles. The van der Waals surface area contributed by atoms with E-state index >= 15 is 0 Å². The summed E-state index contributed by atoms with van der Waals surface area (Å²) >= 11 is 0. The van der Waals surface area contributed by atoms with Crippen LogP contribution in [-0.4, -0.2) is 94.9 Å². The van der Waals surface area contributed by atoms with Gasteiger partial charge in [0.05, 0.1) is 43.8 Å². The number of nitrogens with zero attached hydrogens (tertiary/aromatic N) is 4. The Labute approximate surface area is 352 Å². The summed E-state index contributed by atoms with van der Waals surface area (Å²) in [4.78, 5) is 81.4. The first-order chi connectivity index (χ1) is 29.4. The van der Waals surface area contributed by atoms with Gasteiger partial charge in [-0.1, -0.05) is 45.9 Å². The van der Waals surface area contributed by atoms with E-state index in [-0.39, 0.29) is 42.3 Å². The predicted molar refractivity (Wildman–Crippen MR) is 227 cm³/mol. The van der Waals surface area contributed by atoms with Crippen molar-refractivity contribution < 1.29 is 37.8 Å². The molecule has 8 rings (SSSR count). The predicted octanol–water partition coefficient (Wildman–Crippen LogP) is 6.34. The lowest BCUT2D eigenvalue weighted by Crippen LogP contribution is -2.53. The Morgan fingerprint density at radius 1 is 0.852 bits per heavy atom. The molecular weight excluding hydrogens is 783 g/mol. The number of imidazole rings is 1. The standard InChI is InChI=1S/C45H51N7O9/c1-23(2)38(49-44(56)58-5)41(53)51-15-7-9-33(51)31-17-27(20-46-31)25-11-14-29-35(18-25)60-22-30-28-13-12-26(19-36(28)61-43(55)37(29)30)32-21-47-40(48-32)34-10-8-16-52(34)42(54)39(24(3)4)50-45(57)59-6/h11-14,18-21,23-24,33-34,38-39H,7-10,15-17,22H2,1-6H3,(H,47,48)(H,49,56)(H,50,57)/t33-,34-,38-,39-/m0/s1. The van der Waals surface area contributed by atoms with Crippen molar-refractivity contribution >= 4 is 46.3 Å². The van der Waals surface area contributed by atoms with E-state index in [0.717, 1.165) is 59.0 Å². The fourth-order valence-corrected chi connectivity index (χ4v) is 8.98. The van der Waals surface area contributed by atoms with Crippen LogP contribution in [0.25, 0.3) is 38.9 Å². The molecule has 16 nitrogen and oxygen atoms in total. The summed E-state index contributed by atoms with van der Waals surface area (Å²) in [6.07, 6.45) is 5.94. The smallest absolute Gasteiger partial charge is 0.407 e. The molecule has 4 amide bonds. The zero-order chi connectivity index (χ0) is 43.1. The number of methoxy groups -OCH3 is 2. The van der Waals surface area contributed by atoms with Gasteiger partial charge in [-0.05, 0) is 66.9 Å². The van der Waals surface area contributed by atoms with Gasteiger partial charge < -0.3 is 44.0 Å². The molecule has 16 heteroatoms. The lowest BCUT2D eigenvalue weighted by atomic mass is 9.92. The summed E-state index contributed by atoms with van der Waals surface area (Å²) in [6, 6.07) is 9.51. The van der Waals surface area contributed by atoms with Crippen molar-refractivity contribution in [3.63, 3.8) is 0 Å². The first kappa shape index (κ1) is 41.3. The van der Waals surface area contributed by atoms with Crippen molar-refractivity contribution in [3.05, 3.63) is 76.2 Å². The van der Waals surface area contributed by atoms with Gasteiger partial charge in [-0.3, -0.25) is 14.6 Å². The molecule has 0 bridgehead atoms. The zero-order valence-corrected chi connectivity index (χ0v) is 35.2. The first-order valence-corrected chi connectivity index (χ1v) is 20.8. The molecule has 0 unspecified atom stereocenters. The molecule has 6 heterocycles. The zero-order valence-electron chi connectivity index (χ0n) is 35.2. The molecule has 320 valence electrons. The SMILES string of the molecule is COC(=O)N[C@H](C(=O)N1CCC[C@H]1C1=NC=C(c2ccc3c(c2)OCc2c-3c(=O)oc3cc(-c4cnc([C@@H]5CCCN5C(=O)[C@@H](NC(=O)OC)C(C)C)[nH]4)ccc23)C1)C(C)C. The number of allylic oxidation sites excluding steroid dienone is 1. The summed E-state index contributed by atoms with van der Waals surface area (Å²) in [5.74, 6) is 0.594. The van der Waals surface area contributed by atoms with Crippen LogP contribution in [0.15, 0.2) is 63.0 Å². The van der Waals surface area contributed by atoms with Crippen molar-refractivity contribution in [2.45, 2.75) is 90.6 Å². The fourth-order valence-electron chi connectivity index (χ4n) is 8.98. The Bertz CT molecular complexity index is 2520. The molecule has 0 radical (unpaired) electrons. The van der Waals surface area contributed by atoms with Crippen molar-refractivity contribution in [2.24, 2.45) is 16.8 Å². The highest BCUT2D eigenvalue weighted by molar-refractivity contribution is 6.04. The number of rotatable bonds is 10. The fraction of sp³-hybridized carbons (Fsp3) is 0.444. The third-order valence-electron chi connectivity index (χ3n) is 12.2. The van der Waals surface area contributed by atoms with Gasteiger partial charge in [0.1, 0.15) is 35.8 Å². The lowest BCUT2D eigenvalue weighted by molar-refractivity contribution is -0.135. The molecule has 2 fully saturated rings. The van der Waals surface area contributed by atoms with E-state index in [4.69, 9.17) is 23.6 Å². The highest BCUT2D eigenvalue weighted by atomic mass is 16.5. The maximum Gasteiger partial charge on any atom is 0.407 e. The number of aromatic nitrogens is 2. The summed E-state index contributed by atoms with van der Waals surface area (Å²) in [6.45, 7) is 8.83. The van der Waals surface area contributed by atoms with Gasteiger partial charge >= 0.3 is 17.8 Å². The number of carbonyl (C=O) groups excluding carboxylic acids is 4. The van der Waals surface area contributed by atoms with Gasteiger partial charge in [-0.2, -0.15) is 0 Å². The van der Waals surface area contributed by atoms with Crippen LogP contribution in [0.5, 0.6) is 5.75 Å². The lowest BCUT2D eigenvalue weighted by Gasteiger charge is -2.31. The third kappa shape index (κ3) is 7.86. The average molecular weight is 834 g/mol. The summed E-state index contributed by atoms with van der Waals surface area (Å²) in [7, 11) is 2.55. The Kier molecular flexibility index (Phi) is 11.4. The number of benzene rings is 2. The van der Waals surface area contributed by atoms with Crippen molar-refractivity contribution in [3.8, 4) is 28.1 Å². The van der Waals surface area contributed by atoms with Crippen LogP contribution < -0.4 is 21.0 Å². The molecular formula is C45H51N7O9. The van der Waals surface area contributed by atoms with E-state index in [1.165, 1.54) is 14.2 Å². The maximum absolute atomic E-state index is 13.7. The molecule has 3 N–H and O–H groups in total. The molecule has 2 aromatic heterocycles. The quantitative estimate of drug-likeness (QED) is 0.152. The highest BCUT2D eigenvalue weighted by Gasteiger charge is 2.40. The monoisotopic (exact) mass is 833 g/mol. The number of fused-ring (bicyclic) bond motifs is 5. The van der Waals surface area contributed by atoms with E-state index in [0.29, 0.717) is 53.5 Å². The summed E-state index contributed by atoms with van der Waals surface area (Å²) < 4.78 is 21.8. The number of alkyl carbamates (subject to hydrolysis) is 2. The van der Waals surface area contributed by atoms with Gasteiger partial charge in [0.15, 0.2) is 0 Å². The van der Waals surface area contributed by atoms with Crippen LogP contribution >= 0.6 is 0 Å². The van der Waals surface area contributed by atoms with Gasteiger partial charge in [0.25, 0.3) is 0 Å². The first-order valence-electron chi connectivity index (χ1n) is 20.8. The van der Waals surface area contributed by atoms with Crippen molar-refractivity contribution in [1.29, 1.82) is 0 Å². The molecule has 4 aliphatic heterocycles. The number of nitrogens with one attached hydrogen (secondary N) is 3. The van der Waals surface area contributed by atoms with Gasteiger partial charge in [-0.25, -0.2) is 19.4 Å². The van der Waals surface area contributed by atoms with E-state index in [1.54, 1.807) is 17.2 Å². The minimum Gasteiger partial charge on any atom is -0.488 e. The highest BCUT2D eigenvalue weighted by Crippen LogP contribution is 2.42. The number of ether oxygens (including phenoxy) is 3. The molecule has 4 aliphatic rings. The van der Waals surface area contributed by atoms with E-state index in [9.17, 15) is 24.0 Å². The largest absolute Gasteiger partial charge is 0.488 e. The molecule has 2 aromatic carbocycles. The number of aliphatic imine (C=N–C) groups is 1. The number of likely N-dealkylation sites (tertiary alicyclic amines) is 2. The van der Waals surface area contributed by atoms with Gasteiger partial charge in [0.2, 0.25) is 11.8 Å². The van der Waals surface area contributed by atoms with Crippen LogP contribution in [0.2, 0.25) is 0 Å². The van der Waals surface area contributed by atoms with E-state index < -0.39 is 29.9 Å². The second kappa shape index (κ2) is 16.9. The molecule has 4 atom stereocenters. The maximum atomic E-state index is 13.7. The van der Waals surface area contributed by atoms with Crippen molar-refractivity contribution in [1.82, 2.24) is 30.4 Å². The number of amides is 4. The Hall–Kier alpha value is -6.45. The van der Waals surface area contributed by atoms with Crippen LogP contribution in [0, 0.1) is 11.8 Å². The number of carbonyl (C=O) groups is 4. The van der Waals surface area contributed by atoms with Crippen LogP contribution in [0.3, 0.4) is 0 Å². The number of H-pyrrole nitrogens is 1. The number of hydrogen-bond acceptors (Lipinski definition) is 11. The van der Waals surface area contributed by atoms with E-state index in [1.807, 2.05) is 69.1 Å². The number of hydrogen-bond donors (Lipinski definition) is 3. The second-order valence-electron chi connectivity index (χ2n) is 16.7. The Balaban J connectivity index is 0.978. The average Bonchev–Trinajstić information content (AvgIpc) is 4.10. The van der Waals surface area contributed by atoms with E-state index in [2.05, 4.69) is 20.6 Å². The van der Waals surface area contributed by atoms with Crippen molar-refractivity contribution in [2.75, 3.05) is 27.3 Å². The van der Waals surface area contributed by atoms with Gasteiger partial charge in [-0.15, -0.1) is 0 Å². The summed E-state index contributed by atoms with van der Waals surface area (Å²) in [5, 5.41) is 6.13. The van der Waals surface area contributed by atoms with Gasteiger partial charge in [0, 0.05) is 53.5 Å². The third-order valence-corrected chi connectivity index (χ3v) is 12.2. The molecule has 2 saturated heterocycles. The number of aromatic amines is 1. The Morgan fingerprint density at radius 3 is 2.15 bits per heavy atom. The topological polar surface area (TPSA) is 198 Å². The molecule has 0 saturated carbocycles. The normalized spacial score (nSPS) is 19.2. The Morgan fingerprint density at radius 2 is 1.49 bits per heavy atom. The molecule has 0 spiro atoms. The van der Waals surface area contributed by atoms with Crippen LogP contribution in [-0.2, 0) is 25.7 Å².